The molecule has 1 aliphatic rings. The molecule has 26 heavy (non-hydrogen) atoms. The first-order valence-electron chi connectivity index (χ1n) is 9.26. The van der Waals surface area contributed by atoms with Crippen molar-refractivity contribution in [3.8, 4) is 5.75 Å². The minimum Gasteiger partial charge on any atom is -0.496 e. The number of sulfonamides is 1. The lowest BCUT2D eigenvalue weighted by molar-refractivity contribution is -0.122. The third-order valence-electron chi connectivity index (χ3n) is 4.82. The second-order valence-electron chi connectivity index (χ2n) is 6.91. The first kappa shape index (κ1) is 20.7. The average molecular weight is 383 g/mol. The monoisotopic (exact) mass is 382 g/mol. The first-order valence-corrected chi connectivity index (χ1v) is 11.1. The fourth-order valence-electron chi connectivity index (χ4n) is 3.34. The van der Waals surface area contributed by atoms with Gasteiger partial charge in [0.25, 0.3) is 0 Å². The maximum Gasteiger partial charge on any atom is 0.221 e. The highest BCUT2D eigenvalue weighted by Crippen LogP contribution is 2.21. The lowest BCUT2D eigenvalue weighted by Gasteiger charge is -2.22. The Labute approximate surface area is 157 Å². The zero-order valence-corrected chi connectivity index (χ0v) is 16.6. The molecule has 0 atom stereocenters. The summed E-state index contributed by atoms with van der Waals surface area (Å²) in [5, 5.41) is 3.07. The summed E-state index contributed by atoms with van der Waals surface area (Å²) in [6.07, 6.45) is 8.12. The summed E-state index contributed by atoms with van der Waals surface area (Å²) >= 11 is 0. The van der Waals surface area contributed by atoms with E-state index in [2.05, 4.69) is 5.32 Å². The van der Waals surface area contributed by atoms with Crippen LogP contribution >= 0.6 is 0 Å². The molecule has 1 aromatic rings. The van der Waals surface area contributed by atoms with Gasteiger partial charge in [0.1, 0.15) is 5.75 Å². The summed E-state index contributed by atoms with van der Waals surface area (Å²) in [6, 6.07) is 7.55. The number of rotatable bonds is 8. The molecule has 0 aromatic heterocycles. The average Bonchev–Trinajstić information content (AvgIpc) is 2.86. The first-order chi connectivity index (χ1) is 12.4. The molecule has 146 valence electrons. The zero-order valence-electron chi connectivity index (χ0n) is 15.7. The largest absolute Gasteiger partial charge is 0.496 e. The van der Waals surface area contributed by atoms with Gasteiger partial charge >= 0.3 is 0 Å². The fraction of sp³-hybridized carbons (Fsp3) is 0.632. The topological polar surface area (TPSA) is 75.7 Å². The van der Waals surface area contributed by atoms with Crippen LogP contribution in [0.15, 0.2) is 24.3 Å². The summed E-state index contributed by atoms with van der Waals surface area (Å²) in [5.41, 5.74) is 0.782. The SMILES string of the molecule is COc1ccccc1CN(CCC(=O)NC1CCCCCC1)S(C)(=O)=O. The molecular weight excluding hydrogens is 352 g/mol. The Hall–Kier alpha value is -1.60. The molecule has 0 radical (unpaired) electrons. The van der Waals surface area contributed by atoms with Gasteiger partial charge in [-0.25, -0.2) is 8.42 Å². The number of methoxy groups -OCH3 is 1. The van der Waals surface area contributed by atoms with Crippen LogP contribution in [0, 0.1) is 0 Å². The Morgan fingerprint density at radius 1 is 1.19 bits per heavy atom. The van der Waals surface area contributed by atoms with Gasteiger partial charge in [0.2, 0.25) is 15.9 Å². The summed E-state index contributed by atoms with van der Waals surface area (Å²) in [7, 11) is -1.87. The molecule has 2 rings (SSSR count). The Morgan fingerprint density at radius 3 is 2.46 bits per heavy atom. The second-order valence-corrected chi connectivity index (χ2v) is 8.90. The van der Waals surface area contributed by atoms with Gasteiger partial charge < -0.3 is 10.1 Å². The van der Waals surface area contributed by atoms with Crippen molar-refractivity contribution >= 4 is 15.9 Å². The van der Waals surface area contributed by atoms with Crippen molar-refractivity contribution in [1.82, 2.24) is 9.62 Å². The number of ether oxygens (including phenoxy) is 1. The van der Waals surface area contributed by atoms with Gasteiger partial charge in [-0.1, -0.05) is 43.9 Å². The van der Waals surface area contributed by atoms with Crippen LogP contribution in [0.25, 0.3) is 0 Å². The summed E-state index contributed by atoms with van der Waals surface area (Å²) < 4.78 is 30.9. The van der Waals surface area contributed by atoms with Crippen molar-refractivity contribution < 1.29 is 17.9 Å². The van der Waals surface area contributed by atoms with Gasteiger partial charge in [0.05, 0.1) is 13.4 Å². The normalized spacial score (nSPS) is 16.3. The summed E-state index contributed by atoms with van der Waals surface area (Å²) in [6.45, 7) is 0.356. The van der Waals surface area contributed by atoms with E-state index in [0.717, 1.165) is 31.2 Å². The van der Waals surface area contributed by atoms with E-state index in [1.54, 1.807) is 13.2 Å². The molecule has 7 heteroatoms. The number of hydrogen-bond donors (Lipinski definition) is 1. The van der Waals surface area contributed by atoms with Gasteiger partial charge in [-0.3, -0.25) is 4.79 Å². The predicted molar refractivity (Wildman–Crippen MR) is 102 cm³/mol. The number of nitrogens with one attached hydrogen (secondary N) is 1. The van der Waals surface area contributed by atoms with Crippen molar-refractivity contribution in [3.05, 3.63) is 29.8 Å². The Balaban J connectivity index is 1.94. The highest BCUT2D eigenvalue weighted by molar-refractivity contribution is 7.88. The van der Waals surface area contributed by atoms with E-state index in [0.29, 0.717) is 5.75 Å². The van der Waals surface area contributed by atoms with E-state index in [4.69, 9.17) is 4.74 Å². The van der Waals surface area contributed by atoms with E-state index >= 15 is 0 Å². The standard InChI is InChI=1S/C19H30N2O4S/c1-25-18-12-8-7-9-16(18)15-21(26(2,23)24)14-13-19(22)20-17-10-5-3-4-6-11-17/h7-9,12,17H,3-6,10-11,13-15H2,1-2H3,(H,20,22). The van der Waals surface area contributed by atoms with Crippen LogP contribution in [0.2, 0.25) is 0 Å². The molecule has 1 aromatic carbocycles. The maximum atomic E-state index is 12.3. The van der Waals surface area contributed by atoms with E-state index in [1.807, 2.05) is 18.2 Å². The number of carbonyl (C=O) groups is 1. The Bertz CT molecular complexity index is 683. The second kappa shape index (κ2) is 9.92. The van der Waals surface area contributed by atoms with Gasteiger partial charge in [0.15, 0.2) is 0 Å². The van der Waals surface area contributed by atoms with E-state index < -0.39 is 10.0 Å². The molecular formula is C19H30N2O4S. The van der Waals surface area contributed by atoms with Crippen molar-refractivity contribution in [2.24, 2.45) is 0 Å². The number of hydrogen-bond acceptors (Lipinski definition) is 4. The molecule has 1 saturated carbocycles. The lowest BCUT2D eigenvalue weighted by Crippen LogP contribution is -2.38. The minimum atomic E-state index is -3.42. The van der Waals surface area contributed by atoms with Gasteiger partial charge in [-0.15, -0.1) is 0 Å². The molecule has 1 fully saturated rings. The molecule has 1 aliphatic carbocycles. The summed E-state index contributed by atoms with van der Waals surface area (Å²) in [5.74, 6) is 0.564. The zero-order chi connectivity index (χ0) is 19.0. The third kappa shape index (κ3) is 6.61. The van der Waals surface area contributed by atoms with Crippen LogP contribution in [0.3, 0.4) is 0 Å². The van der Waals surface area contributed by atoms with Crippen molar-refractivity contribution in [2.75, 3.05) is 19.9 Å². The van der Waals surface area contributed by atoms with Crippen LogP contribution in [0.5, 0.6) is 5.75 Å². The third-order valence-corrected chi connectivity index (χ3v) is 6.07. The number of carbonyl (C=O) groups excluding carboxylic acids is 1. The Kier molecular flexibility index (Phi) is 7.90. The molecule has 1 amide bonds. The van der Waals surface area contributed by atoms with E-state index in [9.17, 15) is 13.2 Å². The molecule has 0 unspecified atom stereocenters. The maximum absolute atomic E-state index is 12.3. The van der Waals surface area contributed by atoms with Crippen molar-refractivity contribution in [2.45, 2.75) is 57.5 Å². The highest BCUT2D eigenvalue weighted by atomic mass is 32.2. The quantitative estimate of drug-likeness (QED) is 0.702. The molecule has 6 nitrogen and oxygen atoms in total. The number of nitrogens with zero attached hydrogens (tertiary/aromatic N) is 1. The molecule has 1 N–H and O–H groups in total. The molecule has 0 heterocycles. The number of para-hydroxylation sites is 1. The van der Waals surface area contributed by atoms with Crippen LogP contribution in [0.1, 0.15) is 50.5 Å². The van der Waals surface area contributed by atoms with E-state index in [1.165, 1.54) is 23.4 Å². The molecule has 0 bridgehead atoms. The van der Waals surface area contributed by atoms with Crippen LogP contribution in [-0.2, 0) is 21.4 Å². The minimum absolute atomic E-state index is 0.0782. The smallest absolute Gasteiger partial charge is 0.221 e. The van der Waals surface area contributed by atoms with Crippen molar-refractivity contribution in [1.29, 1.82) is 0 Å². The van der Waals surface area contributed by atoms with Crippen LogP contribution in [-0.4, -0.2) is 44.6 Å². The van der Waals surface area contributed by atoms with Crippen molar-refractivity contribution in [3.63, 3.8) is 0 Å². The fourth-order valence-corrected chi connectivity index (χ4v) is 4.13. The molecule has 0 saturated heterocycles. The summed E-state index contributed by atoms with van der Waals surface area (Å²) in [4.78, 5) is 12.3. The number of benzene rings is 1. The lowest BCUT2D eigenvalue weighted by atomic mass is 10.1. The number of amides is 1. The predicted octanol–water partition coefficient (Wildman–Crippen LogP) is 2.69. The highest BCUT2D eigenvalue weighted by Gasteiger charge is 2.21. The van der Waals surface area contributed by atoms with Gasteiger partial charge in [-0.2, -0.15) is 4.31 Å². The van der Waals surface area contributed by atoms with Crippen LogP contribution < -0.4 is 10.1 Å². The van der Waals surface area contributed by atoms with Crippen LogP contribution in [0.4, 0.5) is 0 Å². The van der Waals surface area contributed by atoms with E-state index in [-0.39, 0.29) is 31.5 Å². The van der Waals surface area contributed by atoms with Gasteiger partial charge in [0, 0.05) is 31.1 Å². The Morgan fingerprint density at radius 2 is 1.85 bits per heavy atom. The molecule has 0 aliphatic heterocycles. The van der Waals surface area contributed by atoms with Gasteiger partial charge in [-0.05, 0) is 18.9 Å². The molecule has 0 spiro atoms.